The molecule has 0 spiro atoms. The SMILES string of the molecule is CCC(C)C(NC(=O)C(N)Cc1c[nH]c2ccccc12)C(=O)NC(CCCCN)C(=O)NCC(=O)O. The van der Waals surface area contributed by atoms with Crippen LogP contribution >= 0.6 is 0 Å². The number of hydrogen-bond donors (Lipinski definition) is 7. The summed E-state index contributed by atoms with van der Waals surface area (Å²) >= 11 is 0. The third kappa shape index (κ3) is 8.35. The van der Waals surface area contributed by atoms with Gasteiger partial charge in [-0.15, -0.1) is 0 Å². The summed E-state index contributed by atoms with van der Waals surface area (Å²) in [6.07, 6.45) is 4.20. The van der Waals surface area contributed by atoms with Crippen molar-refractivity contribution in [1.29, 1.82) is 0 Å². The maximum absolute atomic E-state index is 13.2. The molecule has 0 aliphatic carbocycles. The molecule has 2 rings (SSSR count). The van der Waals surface area contributed by atoms with E-state index in [2.05, 4.69) is 20.9 Å². The van der Waals surface area contributed by atoms with E-state index in [9.17, 15) is 19.2 Å². The van der Waals surface area contributed by atoms with Crippen molar-refractivity contribution in [1.82, 2.24) is 20.9 Å². The van der Waals surface area contributed by atoms with Crippen molar-refractivity contribution in [2.24, 2.45) is 17.4 Å². The number of aromatic nitrogens is 1. The molecule has 9 N–H and O–H groups in total. The minimum Gasteiger partial charge on any atom is -0.480 e. The molecule has 0 bridgehead atoms. The Balaban J connectivity index is 2.09. The predicted octanol–water partition coefficient (Wildman–Crippen LogP) is 0.383. The smallest absolute Gasteiger partial charge is 0.322 e. The van der Waals surface area contributed by atoms with Gasteiger partial charge in [0, 0.05) is 17.1 Å². The number of unbranched alkanes of at least 4 members (excludes halogenated alkanes) is 1. The highest BCUT2D eigenvalue weighted by Gasteiger charge is 2.31. The first-order chi connectivity index (χ1) is 17.2. The van der Waals surface area contributed by atoms with E-state index in [1.807, 2.05) is 44.3 Å². The number of para-hydroxylation sites is 1. The molecule has 1 heterocycles. The Bertz CT molecular complexity index is 1040. The van der Waals surface area contributed by atoms with E-state index < -0.39 is 48.4 Å². The number of rotatable bonds is 15. The Morgan fingerprint density at radius 1 is 1.06 bits per heavy atom. The molecule has 36 heavy (non-hydrogen) atoms. The summed E-state index contributed by atoms with van der Waals surface area (Å²) in [6.45, 7) is 3.58. The van der Waals surface area contributed by atoms with Gasteiger partial charge in [0.2, 0.25) is 17.7 Å². The van der Waals surface area contributed by atoms with Crippen molar-refractivity contribution in [3.8, 4) is 0 Å². The van der Waals surface area contributed by atoms with E-state index in [4.69, 9.17) is 16.6 Å². The number of carboxylic acid groups (broad SMARTS) is 1. The second-order valence-electron chi connectivity index (χ2n) is 9.00. The second kappa shape index (κ2) is 14.2. The number of nitrogens with two attached hydrogens (primary N) is 2. The normalized spacial score (nSPS) is 14.4. The number of fused-ring (bicyclic) bond motifs is 1. The van der Waals surface area contributed by atoms with Crippen LogP contribution in [0.15, 0.2) is 30.5 Å². The third-order valence-corrected chi connectivity index (χ3v) is 6.24. The van der Waals surface area contributed by atoms with E-state index in [1.165, 1.54) is 0 Å². The van der Waals surface area contributed by atoms with Crippen molar-refractivity contribution in [3.63, 3.8) is 0 Å². The molecule has 4 unspecified atom stereocenters. The molecule has 0 fully saturated rings. The molecule has 0 saturated carbocycles. The zero-order chi connectivity index (χ0) is 26.7. The first-order valence-corrected chi connectivity index (χ1v) is 12.3. The quantitative estimate of drug-likeness (QED) is 0.171. The summed E-state index contributed by atoms with van der Waals surface area (Å²) in [5.74, 6) is -3.03. The van der Waals surface area contributed by atoms with E-state index >= 15 is 0 Å². The highest BCUT2D eigenvalue weighted by Crippen LogP contribution is 2.19. The Morgan fingerprint density at radius 2 is 1.78 bits per heavy atom. The summed E-state index contributed by atoms with van der Waals surface area (Å²) in [7, 11) is 0. The molecule has 0 radical (unpaired) electrons. The van der Waals surface area contributed by atoms with Crippen molar-refractivity contribution in [3.05, 3.63) is 36.0 Å². The van der Waals surface area contributed by atoms with Gasteiger partial charge in [0.1, 0.15) is 18.6 Å². The number of aliphatic carboxylic acids is 1. The third-order valence-electron chi connectivity index (χ3n) is 6.24. The van der Waals surface area contributed by atoms with Gasteiger partial charge in [0.05, 0.1) is 6.04 Å². The minimum atomic E-state index is -1.19. The fraction of sp³-hybridized carbons (Fsp3) is 0.520. The van der Waals surface area contributed by atoms with Crippen molar-refractivity contribution in [2.45, 2.75) is 64.1 Å². The number of carbonyl (C=O) groups excluding carboxylic acids is 3. The summed E-state index contributed by atoms with van der Waals surface area (Å²) in [4.78, 5) is 52.7. The van der Waals surface area contributed by atoms with Crippen LogP contribution in [0.4, 0.5) is 0 Å². The van der Waals surface area contributed by atoms with Crippen LogP contribution in [-0.2, 0) is 25.6 Å². The molecule has 0 saturated heterocycles. The number of hydrogen-bond acceptors (Lipinski definition) is 6. The van der Waals surface area contributed by atoms with Crippen LogP contribution in [0, 0.1) is 5.92 Å². The summed E-state index contributed by atoms with van der Waals surface area (Å²) in [5.41, 5.74) is 13.6. The highest BCUT2D eigenvalue weighted by molar-refractivity contribution is 5.94. The van der Waals surface area contributed by atoms with Crippen LogP contribution in [0.3, 0.4) is 0 Å². The summed E-state index contributed by atoms with van der Waals surface area (Å²) < 4.78 is 0. The molecule has 1 aromatic heterocycles. The van der Waals surface area contributed by atoms with Gasteiger partial charge in [-0.1, -0.05) is 38.5 Å². The van der Waals surface area contributed by atoms with Crippen molar-refractivity contribution in [2.75, 3.05) is 13.1 Å². The lowest BCUT2D eigenvalue weighted by molar-refractivity contribution is -0.138. The van der Waals surface area contributed by atoms with Crippen molar-refractivity contribution >= 4 is 34.6 Å². The number of nitrogens with one attached hydrogen (secondary N) is 4. The van der Waals surface area contributed by atoms with Crippen LogP contribution in [-0.4, -0.2) is 65.0 Å². The van der Waals surface area contributed by atoms with Crippen LogP contribution in [0.25, 0.3) is 10.9 Å². The van der Waals surface area contributed by atoms with Gasteiger partial charge >= 0.3 is 5.97 Å². The number of carbonyl (C=O) groups is 4. The maximum Gasteiger partial charge on any atom is 0.322 e. The molecular formula is C25H38N6O5. The minimum absolute atomic E-state index is 0.235. The lowest BCUT2D eigenvalue weighted by Crippen LogP contribution is -2.58. The zero-order valence-electron chi connectivity index (χ0n) is 20.9. The van der Waals surface area contributed by atoms with Gasteiger partial charge in [-0.3, -0.25) is 19.2 Å². The average molecular weight is 503 g/mol. The van der Waals surface area contributed by atoms with E-state index in [0.717, 1.165) is 16.5 Å². The number of aromatic amines is 1. The lowest BCUT2D eigenvalue weighted by atomic mass is 9.96. The van der Waals surface area contributed by atoms with Crippen LogP contribution in [0.1, 0.15) is 45.1 Å². The fourth-order valence-electron chi connectivity index (χ4n) is 3.90. The first kappa shape index (κ1) is 28.8. The number of H-pyrrole nitrogens is 1. The van der Waals surface area contributed by atoms with Gasteiger partial charge in [-0.05, 0) is 49.8 Å². The number of benzene rings is 1. The Morgan fingerprint density at radius 3 is 2.44 bits per heavy atom. The van der Waals surface area contributed by atoms with Gasteiger partial charge in [0.25, 0.3) is 0 Å². The Hall–Kier alpha value is -3.44. The summed E-state index contributed by atoms with van der Waals surface area (Å²) in [5, 5.41) is 17.6. The topological polar surface area (TPSA) is 192 Å². The van der Waals surface area contributed by atoms with Crippen LogP contribution in [0.2, 0.25) is 0 Å². The van der Waals surface area contributed by atoms with E-state index in [1.54, 1.807) is 0 Å². The monoisotopic (exact) mass is 502 g/mol. The average Bonchev–Trinajstić information content (AvgIpc) is 3.27. The predicted molar refractivity (Wildman–Crippen MR) is 137 cm³/mol. The first-order valence-electron chi connectivity index (χ1n) is 12.3. The zero-order valence-corrected chi connectivity index (χ0v) is 20.9. The summed E-state index contributed by atoms with van der Waals surface area (Å²) in [6, 6.07) is 4.95. The molecule has 4 atom stereocenters. The molecule has 1 aromatic carbocycles. The van der Waals surface area contributed by atoms with E-state index in [0.29, 0.717) is 25.8 Å². The van der Waals surface area contributed by atoms with Gasteiger partial charge < -0.3 is 37.5 Å². The molecule has 11 nitrogen and oxygen atoms in total. The molecule has 2 aromatic rings. The van der Waals surface area contributed by atoms with Gasteiger partial charge in [-0.2, -0.15) is 0 Å². The molecule has 11 heteroatoms. The molecule has 0 aliphatic heterocycles. The Kier molecular flexibility index (Phi) is 11.4. The number of amides is 3. The van der Waals surface area contributed by atoms with E-state index in [-0.39, 0.29) is 18.8 Å². The molecular weight excluding hydrogens is 464 g/mol. The van der Waals surface area contributed by atoms with Crippen molar-refractivity contribution < 1.29 is 24.3 Å². The molecule has 198 valence electrons. The lowest BCUT2D eigenvalue weighted by Gasteiger charge is -2.27. The van der Waals surface area contributed by atoms with Crippen LogP contribution in [0.5, 0.6) is 0 Å². The molecule has 3 amide bonds. The van der Waals surface area contributed by atoms with Crippen LogP contribution < -0.4 is 27.4 Å². The Labute approximate surface area is 210 Å². The maximum atomic E-state index is 13.2. The number of carboxylic acids is 1. The largest absolute Gasteiger partial charge is 0.480 e. The standard InChI is InChI=1S/C25H38N6O5/c1-3-15(2)22(25(36)30-20(10-6-7-11-26)24(35)29-14-21(32)33)31-23(34)18(27)12-16-13-28-19-9-5-4-8-17(16)19/h4-5,8-9,13,15,18,20,22,28H,3,6-7,10-12,14,26-27H2,1-2H3,(H,29,35)(H,30,36)(H,31,34)(H,32,33). The van der Waals surface area contributed by atoms with Gasteiger partial charge in [-0.25, -0.2) is 0 Å². The van der Waals surface area contributed by atoms with Gasteiger partial charge in [0.15, 0.2) is 0 Å². The molecule has 0 aliphatic rings. The fourth-order valence-corrected chi connectivity index (χ4v) is 3.90. The second-order valence-corrected chi connectivity index (χ2v) is 9.00. The highest BCUT2D eigenvalue weighted by atomic mass is 16.4.